The van der Waals surface area contributed by atoms with Crippen molar-refractivity contribution in [2.45, 2.75) is 38.8 Å². The maximum absolute atomic E-state index is 13.3. The lowest BCUT2D eigenvalue weighted by atomic mass is 9.95. The number of nitrogens with one attached hydrogen (secondary N) is 1. The molecule has 1 fully saturated rings. The van der Waals surface area contributed by atoms with E-state index in [1.807, 2.05) is 0 Å². The minimum atomic E-state index is -1.05. The van der Waals surface area contributed by atoms with Crippen LogP contribution in [0.1, 0.15) is 27.2 Å². The van der Waals surface area contributed by atoms with Crippen LogP contribution < -0.4 is 15.1 Å². The number of Topliss-reactive ketones (excluding diaryl/α,β-unsaturated/α-hetero) is 1. The average Bonchev–Trinajstić information content (AvgIpc) is 3.18. The van der Waals surface area contributed by atoms with Gasteiger partial charge in [-0.1, -0.05) is 0 Å². The van der Waals surface area contributed by atoms with Crippen molar-refractivity contribution in [3.05, 3.63) is 35.5 Å². The van der Waals surface area contributed by atoms with Crippen molar-refractivity contribution >= 4 is 29.3 Å². The molecule has 2 heterocycles. The molecule has 2 amide bonds. The number of ketones is 1. The lowest BCUT2D eigenvalue weighted by molar-refractivity contribution is -0.138. The summed E-state index contributed by atoms with van der Waals surface area (Å²) in [7, 11) is 2.71. The van der Waals surface area contributed by atoms with Crippen LogP contribution in [0.15, 0.2) is 35.5 Å². The number of benzene rings is 1. The highest BCUT2D eigenvalue weighted by Crippen LogP contribution is 2.38. The van der Waals surface area contributed by atoms with Gasteiger partial charge in [0.25, 0.3) is 11.8 Å². The largest absolute Gasteiger partial charge is 0.497 e. The summed E-state index contributed by atoms with van der Waals surface area (Å²) in [5.41, 5.74) is 2.27. The Kier molecular flexibility index (Phi) is 5.18. The van der Waals surface area contributed by atoms with Gasteiger partial charge in [-0.3, -0.25) is 14.4 Å². The maximum atomic E-state index is 13.3. The number of nitrogens with zero attached hydrogens (tertiary/aromatic N) is 2. The van der Waals surface area contributed by atoms with Crippen molar-refractivity contribution in [3.8, 4) is 5.75 Å². The molecule has 9 nitrogen and oxygen atoms in total. The summed E-state index contributed by atoms with van der Waals surface area (Å²) in [4.78, 5) is 51.5. The lowest BCUT2D eigenvalue weighted by Gasteiger charge is -2.38. The molecule has 1 atom stereocenters. The van der Waals surface area contributed by atoms with Gasteiger partial charge in [0, 0.05) is 12.0 Å². The number of amides is 2. The van der Waals surface area contributed by atoms with Crippen molar-refractivity contribution in [3.63, 3.8) is 0 Å². The normalized spacial score (nSPS) is 19.3. The zero-order valence-corrected chi connectivity index (χ0v) is 16.9. The van der Waals surface area contributed by atoms with Crippen LogP contribution in [0.2, 0.25) is 0 Å². The van der Waals surface area contributed by atoms with Gasteiger partial charge in [0.15, 0.2) is 0 Å². The number of methoxy groups -OCH3 is 2. The van der Waals surface area contributed by atoms with E-state index in [9.17, 15) is 19.2 Å². The van der Waals surface area contributed by atoms with E-state index in [1.54, 1.807) is 38.1 Å². The van der Waals surface area contributed by atoms with Crippen molar-refractivity contribution in [1.29, 1.82) is 0 Å². The van der Waals surface area contributed by atoms with Crippen LogP contribution in [0.3, 0.4) is 0 Å². The van der Waals surface area contributed by atoms with E-state index in [4.69, 9.17) is 9.47 Å². The predicted octanol–water partition coefficient (Wildman–Crippen LogP) is 0.942. The minimum Gasteiger partial charge on any atom is -0.497 e. The first-order chi connectivity index (χ1) is 13.6. The summed E-state index contributed by atoms with van der Waals surface area (Å²) in [5.74, 6) is -1.40. The average molecular weight is 401 g/mol. The van der Waals surface area contributed by atoms with Crippen LogP contribution in [0.25, 0.3) is 0 Å². The van der Waals surface area contributed by atoms with E-state index in [2.05, 4.69) is 5.43 Å². The van der Waals surface area contributed by atoms with Gasteiger partial charge >= 0.3 is 5.97 Å². The van der Waals surface area contributed by atoms with Crippen molar-refractivity contribution < 1.29 is 28.7 Å². The third kappa shape index (κ3) is 3.38. The quantitative estimate of drug-likeness (QED) is 0.555. The number of fused-ring (bicyclic) bond motifs is 1. The number of hydrogen-bond donors (Lipinski definition) is 1. The van der Waals surface area contributed by atoms with E-state index in [-0.39, 0.29) is 23.5 Å². The van der Waals surface area contributed by atoms with Gasteiger partial charge in [-0.05, 0) is 45.0 Å². The third-order valence-corrected chi connectivity index (χ3v) is 4.97. The molecule has 154 valence electrons. The number of ether oxygens (including phenoxy) is 2. The molecule has 1 aromatic carbocycles. The minimum absolute atomic E-state index is 0.00861. The summed E-state index contributed by atoms with van der Waals surface area (Å²) >= 11 is 0. The number of hydrogen-bond acceptors (Lipinski definition) is 8. The molecule has 0 bridgehead atoms. The fourth-order valence-corrected chi connectivity index (χ4v) is 3.74. The standard InChI is InChI=1S/C20H23N3O6/c1-11(24)10-20(2,3)23-16-14(15(21-23)19(27)29-5)17(25)22(18(16)26)12-6-8-13(28-4)9-7-12/h6-9,16,21H,10H2,1-5H3/t16-/m1/s1. The van der Waals surface area contributed by atoms with E-state index in [0.29, 0.717) is 11.4 Å². The molecule has 29 heavy (non-hydrogen) atoms. The summed E-state index contributed by atoms with van der Waals surface area (Å²) < 4.78 is 9.90. The summed E-state index contributed by atoms with van der Waals surface area (Å²) in [6.45, 7) is 4.96. The number of esters is 1. The lowest BCUT2D eigenvalue weighted by Crippen LogP contribution is -2.57. The van der Waals surface area contributed by atoms with Crippen LogP contribution >= 0.6 is 0 Å². The first kappa shape index (κ1) is 20.5. The number of anilines is 1. The molecule has 0 radical (unpaired) electrons. The number of hydrazine groups is 1. The molecule has 1 saturated heterocycles. The Balaban J connectivity index is 2.07. The van der Waals surface area contributed by atoms with E-state index in [1.165, 1.54) is 26.2 Å². The highest BCUT2D eigenvalue weighted by Gasteiger charge is 2.57. The third-order valence-electron chi connectivity index (χ3n) is 4.97. The van der Waals surface area contributed by atoms with Gasteiger partial charge in [0.1, 0.15) is 23.3 Å². The van der Waals surface area contributed by atoms with Gasteiger partial charge in [-0.25, -0.2) is 14.7 Å². The van der Waals surface area contributed by atoms with Crippen LogP contribution in [-0.2, 0) is 23.9 Å². The van der Waals surface area contributed by atoms with E-state index < -0.39 is 29.4 Å². The zero-order chi connectivity index (χ0) is 21.5. The number of imide groups is 1. The monoisotopic (exact) mass is 401 g/mol. The topological polar surface area (TPSA) is 105 Å². The molecule has 0 spiro atoms. The van der Waals surface area contributed by atoms with Crippen LogP contribution in [0.4, 0.5) is 5.69 Å². The van der Waals surface area contributed by atoms with Gasteiger partial charge in [0.2, 0.25) is 0 Å². The first-order valence-corrected chi connectivity index (χ1v) is 9.02. The molecule has 0 aromatic heterocycles. The molecular weight excluding hydrogens is 378 g/mol. The molecular formula is C20H23N3O6. The van der Waals surface area contributed by atoms with Crippen LogP contribution in [-0.4, -0.2) is 54.4 Å². The van der Waals surface area contributed by atoms with Crippen LogP contribution in [0.5, 0.6) is 5.75 Å². The summed E-state index contributed by atoms with van der Waals surface area (Å²) in [6.07, 6.45) is 0.113. The van der Waals surface area contributed by atoms with Gasteiger partial charge in [-0.2, -0.15) is 0 Å². The van der Waals surface area contributed by atoms with Gasteiger partial charge < -0.3 is 14.9 Å². The number of rotatable bonds is 6. The molecule has 1 N–H and O–H groups in total. The smallest absolute Gasteiger partial charge is 0.356 e. The second-order valence-electron chi connectivity index (χ2n) is 7.53. The fraction of sp³-hybridized carbons (Fsp3) is 0.400. The predicted molar refractivity (Wildman–Crippen MR) is 103 cm³/mol. The molecule has 9 heteroatoms. The zero-order valence-electron chi connectivity index (χ0n) is 16.9. The Morgan fingerprint density at radius 2 is 1.76 bits per heavy atom. The highest BCUT2D eigenvalue weighted by atomic mass is 16.5. The molecule has 0 unspecified atom stereocenters. The highest BCUT2D eigenvalue weighted by molar-refractivity contribution is 6.32. The summed E-state index contributed by atoms with van der Waals surface area (Å²) in [5, 5.41) is 1.49. The second kappa shape index (κ2) is 7.32. The second-order valence-corrected chi connectivity index (χ2v) is 7.53. The van der Waals surface area contributed by atoms with Crippen molar-refractivity contribution in [1.82, 2.24) is 10.4 Å². The molecule has 1 aromatic rings. The van der Waals surface area contributed by atoms with E-state index >= 15 is 0 Å². The Labute approximate surface area is 168 Å². The SMILES string of the molecule is COC(=O)C1=C2C(=O)N(c3ccc(OC)cc3)C(=O)[C@@H]2N(C(C)(C)CC(C)=O)N1. The maximum Gasteiger partial charge on any atom is 0.356 e. The van der Waals surface area contributed by atoms with Crippen molar-refractivity contribution in [2.24, 2.45) is 0 Å². The van der Waals surface area contributed by atoms with Crippen molar-refractivity contribution in [2.75, 3.05) is 19.1 Å². The molecule has 0 saturated carbocycles. The number of carbonyl (C=O) groups is 4. The van der Waals surface area contributed by atoms with Gasteiger partial charge in [0.05, 0.1) is 25.5 Å². The van der Waals surface area contributed by atoms with Crippen LogP contribution in [0, 0.1) is 0 Å². The van der Waals surface area contributed by atoms with E-state index in [0.717, 1.165) is 4.90 Å². The fourth-order valence-electron chi connectivity index (χ4n) is 3.74. The molecule has 3 rings (SSSR count). The molecule has 2 aliphatic rings. The Hall–Kier alpha value is -3.20. The Bertz CT molecular complexity index is 919. The molecule has 0 aliphatic carbocycles. The summed E-state index contributed by atoms with van der Waals surface area (Å²) in [6, 6.07) is 5.40. The van der Waals surface area contributed by atoms with Gasteiger partial charge in [-0.15, -0.1) is 0 Å². The number of carbonyl (C=O) groups excluding carboxylic acids is 4. The Morgan fingerprint density at radius 3 is 2.28 bits per heavy atom. The molecule has 2 aliphatic heterocycles. The Morgan fingerprint density at radius 1 is 1.14 bits per heavy atom. The first-order valence-electron chi connectivity index (χ1n) is 9.02.